The van der Waals surface area contributed by atoms with Crippen molar-refractivity contribution < 1.29 is 0 Å². The third kappa shape index (κ3) is 4.90. The Balaban J connectivity index is 2.41. The summed E-state index contributed by atoms with van der Waals surface area (Å²) in [5.74, 6) is 0.471. The molecule has 4 N–H and O–H groups in total. The highest BCUT2D eigenvalue weighted by Crippen LogP contribution is 2.11. The van der Waals surface area contributed by atoms with Crippen molar-refractivity contribution in [1.82, 2.24) is 14.9 Å². The van der Waals surface area contributed by atoms with E-state index in [1.807, 2.05) is 0 Å². The fourth-order valence-electron chi connectivity index (χ4n) is 1.99. The number of aromatic amines is 1. The van der Waals surface area contributed by atoms with Gasteiger partial charge in [-0.05, 0) is 39.4 Å². The van der Waals surface area contributed by atoms with Gasteiger partial charge >= 0.3 is 0 Å². The number of anilines is 2. The number of nitrogens with zero attached hydrogens (tertiary/aromatic N) is 2. The number of hydrogen-bond acceptors (Lipinski definition) is 5. The Kier molecular flexibility index (Phi) is 6.35. The van der Waals surface area contributed by atoms with Gasteiger partial charge in [0.2, 0.25) is 0 Å². The van der Waals surface area contributed by atoms with Crippen LogP contribution in [0, 0.1) is 0 Å². The molecule has 1 unspecified atom stereocenters. The van der Waals surface area contributed by atoms with E-state index in [4.69, 9.17) is 5.73 Å². The maximum atomic E-state index is 11.3. The molecule has 0 aliphatic heterocycles. The number of nitrogens with two attached hydrogens (primary N) is 1. The van der Waals surface area contributed by atoms with E-state index < -0.39 is 0 Å². The minimum absolute atomic E-state index is 0.151. The van der Waals surface area contributed by atoms with Crippen molar-refractivity contribution in [2.24, 2.45) is 0 Å². The van der Waals surface area contributed by atoms with Crippen LogP contribution >= 0.6 is 0 Å². The van der Waals surface area contributed by atoms with Gasteiger partial charge in [-0.3, -0.25) is 4.79 Å². The van der Waals surface area contributed by atoms with Crippen LogP contribution in [0.15, 0.2) is 11.1 Å². The first-order chi connectivity index (χ1) is 9.08. The minimum atomic E-state index is -0.298. The summed E-state index contributed by atoms with van der Waals surface area (Å²) in [5, 5.41) is 3.19. The van der Waals surface area contributed by atoms with Crippen LogP contribution in [0.5, 0.6) is 0 Å². The SMILES string of the molecule is CCN(CC)CCCC(C)Nc1nc[nH]c(=O)c1N. The van der Waals surface area contributed by atoms with Crippen LogP contribution in [-0.2, 0) is 0 Å². The van der Waals surface area contributed by atoms with E-state index in [1.165, 1.54) is 6.33 Å². The summed E-state index contributed by atoms with van der Waals surface area (Å²) in [6.07, 6.45) is 3.49. The van der Waals surface area contributed by atoms with Crippen molar-refractivity contribution in [3.8, 4) is 0 Å². The Morgan fingerprint density at radius 1 is 1.47 bits per heavy atom. The summed E-state index contributed by atoms with van der Waals surface area (Å²) >= 11 is 0. The van der Waals surface area contributed by atoms with Gasteiger partial charge in [0.1, 0.15) is 5.69 Å². The van der Waals surface area contributed by atoms with Gasteiger partial charge in [0.15, 0.2) is 5.82 Å². The molecule has 6 heteroatoms. The van der Waals surface area contributed by atoms with Crippen LogP contribution in [0.3, 0.4) is 0 Å². The average molecular weight is 267 g/mol. The summed E-state index contributed by atoms with van der Waals surface area (Å²) in [5.41, 5.74) is 5.53. The van der Waals surface area contributed by atoms with Crippen LogP contribution in [0.2, 0.25) is 0 Å². The first-order valence-electron chi connectivity index (χ1n) is 6.90. The van der Waals surface area contributed by atoms with Gasteiger partial charge < -0.3 is 20.9 Å². The van der Waals surface area contributed by atoms with Gasteiger partial charge in [-0.25, -0.2) is 4.98 Å². The van der Waals surface area contributed by atoms with Gasteiger partial charge in [-0.1, -0.05) is 13.8 Å². The molecule has 0 saturated heterocycles. The Morgan fingerprint density at radius 3 is 2.79 bits per heavy atom. The summed E-state index contributed by atoms with van der Waals surface area (Å²) in [6.45, 7) is 9.68. The van der Waals surface area contributed by atoms with E-state index in [1.54, 1.807) is 0 Å². The summed E-state index contributed by atoms with van der Waals surface area (Å²) < 4.78 is 0. The molecule has 19 heavy (non-hydrogen) atoms. The molecule has 0 bridgehead atoms. The van der Waals surface area contributed by atoms with Crippen LogP contribution in [0.4, 0.5) is 11.5 Å². The zero-order chi connectivity index (χ0) is 14.3. The second kappa shape index (κ2) is 7.78. The predicted molar refractivity (Wildman–Crippen MR) is 79.4 cm³/mol. The monoisotopic (exact) mass is 267 g/mol. The Hall–Kier alpha value is -1.56. The van der Waals surface area contributed by atoms with Crippen molar-refractivity contribution in [2.45, 2.75) is 39.7 Å². The lowest BCUT2D eigenvalue weighted by Crippen LogP contribution is -2.26. The highest BCUT2D eigenvalue weighted by atomic mass is 16.1. The van der Waals surface area contributed by atoms with Gasteiger partial charge in [0, 0.05) is 6.04 Å². The molecule has 0 spiro atoms. The van der Waals surface area contributed by atoms with Crippen LogP contribution in [-0.4, -0.2) is 40.5 Å². The van der Waals surface area contributed by atoms with E-state index in [2.05, 4.69) is 41.0 Å². The van der Waals surface area contributed by atoms with E-state index in [0.717, 1.165) is 32.5 Å². The lowest BCUT2D eigenvalue weighted by molar-refractivity contribution is 0.295. The van der Waals surface area contributed by atoms with Crippen molar-refractivity contribution >= 4 is 11.5 Å². The topological polar surface area (TPSA) is 87.0 Å². The molecule has 1 heterocycles. The quantitative estimate of drug-likeness (QED) is 0.660. The second-order valence-corrected chi connectivity index (χ2v) is 4.71. The maximum Gasteiger partial charge on any atom is 0.276 e. The second-order valence-electron chi connectivity index (χ2n) is 4.71. The molecule has 6 nitrogen and oxygen atoms in total. The van der Waals surface area contributed by atoms with Gasteiger partial charge in [-0.15, -0.1) is 0 Å². The summed E-state index contributed by atoms with van der Waals surface area (Å²) in [7, 11) is 0. The number of rotatable bonds is 8. The molecular formula is C13H25N5O. The zero-order valence-electron chi connectivity index (χ0n) is 12.1. The molecule has 0 aromatic carbocycles. The molecule has 0 saturated carbocycles. The van der Waals surface area contributed by atoms with Gasteiger partial charge in [-0.2, -0.15) is 0 Å². The molecule has 1 aromatic heterocycles. The minimum Gasteiger partial charge on any atom is -0.391 e. The molecule has 1 rings (SSSR count). The average Bonchev–Trinajstić information content (AvgIpc) is 2.40. The molecule has 1 aromatic rings. The van der Waals surface area contributed by atoms with Crippen molar-refractivity contribution in [3.05, 3.63) is 16.7 Å². The number of nitrogen functional groups attached to an aromatic ring is 1. The summed E-state index contributed by atoms with van der Waals surface area (Å²) in [6, 6.07) is 0.243. The molecule has 0 fully saturated rings. The van der Waals surface area contributed by atoms with E-state index >= 15 is 0 Å². The number of H-pyrrole nitrogens is 1. The molecule has 0 aliphatic carbocycles. The maximum absolute atomic E-state index is 11.3. The predicted octanol–water partition coefficient (Wildman–Crippen LogP) is 1.27. The van der Waals surface area contributed by atoms with Gasteiger partial charge in [0.25, 0.3) is 5.56 Å². The van der Waals surface area contributed by atoms with Crippen molar-refractivity contribution in [3.63, 3.8) is 0 Å². The van der Waals surface area contributed by atoms with E-state index in [-0.39, 0.29) is 17.3 Å². The van der Waals surface area contributed by atoms with Crippen molar-refractivity contribution in [1.29, 1.82) is 0 Å². The Morgan fingerprint density at radius 2 is 2.16 bits per heavy atom. The Bertz CT molecular complexity index is 427. The first-order valence-corrected chi connectivity index (χ1v) is 6.90. The van der Waals surface area contributed by atoms with Crippen molar-refractivity contribution in [2.75, 3.05) is 30.7 Å². The highest BCUT2D eigenvalue weighted by molar-refractivity contribution is 5.59. The molecule has 0 amide bonds. The molecule has 108 valence electrons. The first kappa shape index (κ1) is 15.5. The Labute approximate surface area is 114 Å². The molecule has 1 atom stereocenters. The number of aromatic nitrogens is 2. The van der Waals surface area contributed by atoms with E-state index in [9.17, 15) is 4.79 Å². The third-order valence-electron chi connectivity index (χ3n) is 3.28. The van der Waals surface area contributed by atoms with Crippen LogP contribution in [0.1, 0.15) is 33.6 Å². The fraction of sp³-hybridized carbons (Fsp3) is 0.692. The molecule has 0 radical (unpaired) electrons. The van der Waals surface area contributed by atoms with E-state index in [0.29, 0.717) is 5.82 Å². The zero-order valence-corrected chi connectivity index (χ0v) is 12.1. The lowest BCUT2D eigenvalue weighted by atomic mass is 10.1. The molecule has 0 aliphatic rings. The van der Waals surface area contributed by atoms with Crippen LogP contribution in [0.25, 0.3) is 0 Å². The normalized spacial score (nSPS) is 12.6. The van der Waals surface area contributed by atoms with Gasteiger partial charge in [0.05, 0.1) is 6.33 Å². The fourth-order valence-corrected chi connectivity index (χ4v) is 1.99. The smallest absolute Gasteiger partial charge is 0.276 e. The third-order valence-corrected chi connectivity index (χ3v) is 3.28. The number of hydrogen-bond donors (Lipinski definition) is 3. The lowest BCUT2D eigenvalue weighted by Gasteiger charge is -2.20. The van der Waals surface area contributed by atoms with Crippen LogP contribution < -0.4 is 16.6 Å². The largest absolute Gasteiger partial charge is 0.391 e. The highest BCUT2D eigenvalue weighted by Gasteiger charge is 2.08. The standard InChI is InChI=1S/C13H25N5O/c1-4-18(5-2)8-6-7-10(3)17-12-11(14)13(19)16-9-15-12/h9-10H,4-8,14H2,1-3H3,(H2,15,16,17,19). The summed E-state index contributed by atoms with van der Waals surface area (Å²) in [4.78, 5) is 20.2. The molecular weight excluding hydrogens is 242 g/mol. The number of nitrogens with one attached hydrogen (secondary N) is 2.